The Bertz CT molecular complexity index is 608. The number of rotatable bonds is 9. The monoisotopic (exact) mass is 349 g/mol. The molecule has 1 aromatic rings. The number of thiophene rings is 1. The van der Waals surface area contributed by atoms with Crippen LogP contribution in [0.15, 0.2) is 16.3 Å². The van der Waals surface area contributed by atoms with Crippen LogP contribution in [-0.4, -0.2) is 41.1 Å². The Hall–Kier alpha value is -1.45. The molecule has 0 aliphatic rings. The first-order chi connectivity index (χ1) is 10.4. The third kappa shape index (κ3) is 5.39. The van der Waals surface area contributed by atoms with Gasteiger partial charge in [-0.3, -0.25) is 4.79 Å². The van der Waals surface area contributed by atoms with Gasteiger partial charge >= 0.3 is 11.9 Å². The number of sulfonamides is 1. The van der Waals surface area contributed by atoms with Crippen molar-refractivity contribution in [2.45, 2.75) is 30.6 Å². The first-order valence-corrected chi connectivity index (χ1v) is 9.01. The van der Waals surface area contributed by atoms with Crippen molar-refractivity contribution in [2.75, 3.05) is 20.8 Å². The Morgan fingerprint density at radius 1 is 1.18 bits per heavy atom. The number of unbranched alkanes of at least 4 members (excludes halogenated alkanes) is 2. The maximum absolute atomic E-state index is 12.1. The Kier molecular flexibility index (Phi) is 7.49. The summed E-state index contributed by atoms with van der Waals surface area (Å²) in [7, 11) is -1.21. The zero-order valence-electron chi connectivity index (χ0n) is 12.5. The summed E-state index contributed by atoms with van der Waals surface area (Å²) in [6, 6.07) is 1.37. The van der Waals surface area contributed by atoms with Crippen LogP contribution in [0.4, 0.5) is 0 Å². The van der Waals surface area contributed by atoms with Crippen LogP contribution in [0.2, 0.25) is 0 Å². The van der Waals surface area contributed by atoms with Crippen LogP contribution in [-0.2, 0) is 24.3 Å². The molecule has 0 spiro atoms. The minimum absolute atomic E-state index is 0.0562. The molecule has 0 atom stereocenters. The molecule has 1 aromatic heterocycles. The smallest absolute Gasteiger partial charge is 0.349 e. The van der Waals surface area contributed by atoms with E-state index < -0.39 is 16.0 Å². The number of esters is 2. The van der Waals surface area contributed by atoms with Crippen molar-refractivity contribution in [2.24, 2.45) is 0 Å². The van der Waals surface area contributed by atoms with E-state index in [2.05, 4.69) is 14.2 Å². The lowest BCUT2D eigenvalue weighted by molar-refractivity contribution is -0.140. The zero-order chi connectivity index (χ0) is 16.6. The minimum atomic E-state index is -3.74. The zero-order valence-corrected chi connectivity index (χ0v) is 14.1. The lowest BCUT2D eigenvalue weighted by Gasteiger charge is -2.07. The molecular formula is C13H19NO6S2. The molecule has 0 aliphatic carbocycles. The highest BCUT2D eigenvalue weighted by molar-refractivity contribution is 7.89. The number of hydrogen-bond acceptors (Lipinski definition) is 7. The molecule has 0 bridgehead atoms. The van der Waals surface area contributed by atoms with Gasteiger partial charge in [-0.1, -0.05) is 6.42 Å². The van der Waals surface area contributed by atoms with Gasteiger partial charge < -0.3 is 9.47 Å². The molecule has 7 nitrogen and oxygen atoms in total. The third-order valence-corrected chi connectivity index (χ3v) is 5.39. The number of nitrogens with one attached hydrogen (secondary N) is 1. The molecule has 0 aromatic carbocycles. The van der Waals surface area contributed by atoms with Crippen LogP contribution >= 0.6 is 11.3 Å². The summed E-state index contributed by atoms with van der Waals surface area (Å²) in [5, 5.41) is 1.52. The first kappa shape index (κ1) is 18.6. The highest BCUT2D eigenvalue weighted by Gasteiger charge is 2.24. The van der Waals surface area contributed by atoms with Crippen LogP contribution in [0, 0.1) is 0 Å². The van der Waals surface area contributed by atoms with E-state index in [1.165, 1.54) is 25.7 Å². The number of ether oxygens (including phenoxy) is 2. The second kappa shape index (κ2) is 8.86. The van der Waals surface area contributed by atoms with E-state index in [9.17, 15) is 18.0 Å². The normalized spacial score (nSPS) is 11.2. The molecular weight excluding hydrogens is 330 g/mol. The predicted molar refractivity (Wildman–Crippen MR) is 81.3 cm³/mol. The summed E-state index contributed by atoms with van der Waals surface area (Å²) < 4.78 is 35.8. The SMILES string of the molecule is COC(=O)CCCCCNS(=O)(=O)c1ccsc1C(=O)OC. The van der Waals surface area contributed by atoms with Crippen molar-refractivity contribution >= 4 is 33.3 Å². The van der Waals surface area contributed by atoms with Gasteiger partial charge in [0, 0.05) is 13.0 Å². The molecule has 0 saturated heterocycles. The summed E-state index contributed by atoms with van der Waals surface area (Å²) in [4.78, 5) is 22.4. The van der Waals surface area contributed by atoms with Gasteiger partial charge in [-0.2, -0.15) is 0 Å². The van der Waals surface area contributed by atoms with Crippen molar-refractivity contribution in [1.29, 1.82) is 0 Å². The fourth-order valence-electron chi connectivity index (χ4n) is 1.71. The molecule has 1 heterocycles. The Morgan fingerprint density at radius 2 is 1.91 bits per heavy atom. The van der Waals surface area contributed by atoms with Crippen LogP contribution < -0.4 is 4.72 Å². The third-order valence-electron chi connectivity index (χ3n) is 2.87. The molecule has 0 fully saturated rings. The highest BCUT2D eigenvalue weighted by atomic mass is 32.2. The van der Waals surface area contributed by atoms with E-state index >= 15 is 0 Å². The van der Waals surface area contributed by atoms with Crippen molar-refractivity contribution < 1.29 is 27.5 Å². The van der Waals surface area contributed by atoms with Crippen LogP contribution in [0.1, 0.15) is 35.4 Å². The lowest BCUT2D eigenvalue weighted by Crippen LogP contribution is -2.26. The van der Waals surface area contributed by atoms with Crippen LogP contribution in [0.3, 0.4) is 0 Å². The standard InChI is InChI=1S/C13H19NO6S2/c1-19-11(15)6-4-3-5-8-14-22(17,18)10-7-9-21-12(10)13(16)20-2/h7,9,14H,3-6,8H2,1-2H3. The van der Waals surface area contributed by atoms with Crippen molar-refractivity contribution in [1.82, 2.24) is 4.72 Å². The van der Waals surface area contributed by atoms with Gasteiger partial charge in [-0.25, -0.2) is 17.9 Å². The van der Waals surface area contributed by atoms with Gasteiger partial charge in [-0.05, 0) is 24.3 Å². The van der Waals surface area contributed by atoms with E-state index in [4.69, 9.17) is 0 Å². The topological polar surface area (TPSA) is 98.8 Å². The molecule has 0 saturated carbocycles. The molecule has 124 valence electrons. The van der Waals surface area contributed by atoms with Gasteiger partial charge in [0.05, 0.1) is 14.2 Å². The van der Waals surface area contributed by atoms with E-state index in [-0.39, 0.29) is 22.3 Å². The number of carbonyl (C=O) groups excluding carboxylic acids is 2. The average Bonchev–Trinajstić information content (AvgIpc) is 3.00. The quantitative estimate of drug-likeness (QED) is 0.536. The summed E-state index contributed by atoms with van der Waals surface area (Å²) in [5.41, 5.74) is 0. The van der Waals surface area contributed by atoms with Gasteiger partial charge in [0.25, 0.3) is 0 Å². The summed E-state index contributed by atoms with van der Waals surface area (Å²) in [6.45, 7) is 0.236. The molecule has 22 heavy (non-hydrogen) atoms. The van der Waals surface area contributed by atoms with E-state index in [0.717, 1.165) is 11.3 Å². The fraction of sp³-hybridized carbons (Fsp3) is 0.538. The highest BCUT2D eigenvalue weighted by Crippen LogP contribution is 2.22. The Labute approximate surface area is 133 Å². The van der Waals surface area contributed by atoms with Gasteiger partial charge in [0.15, 0.2) is 0 Å². The lowest BCUT2D eigenvalue weighted by atomic mass is 10.2. The predicted octanol–water partition coefficient (Wildman–Crippen LogP) is 1.55. The molecule has 1 rings (SSSR count). The summed E-state index contributed by atoms with van der Waals surface area (Å²) >= 11 is 1.02. The fourth-order valence-corrected chi connectivity index (χ4v) is 4.11. The second-order valence-corrected chi connectivity index (χ2v) is 7.04. The maximum Gasteiger partial charge on any atom is 0.349 e. The van der Waals surface area contributed by atoms with Gasteiger partial charge in [-0.15, -0.1) is 11.3 Å². The van der Waals surface area contributed by atoms with E-state index in [1.54, 1.807) is 0 Å². The molecule has 0 aliphatic heterocycles. The number of methoxy groups -OCH3 is 2. The van der Waals surface area contributed by atoms with Crippen molar-refractivity contribution in [3.63, 3.8) is 0 Å². The van der Waals surface area contributed by atoms with E-state index in [0.29, 0.717) is 25.7 Å². The Morgan fingerprint density at radius 3 is 2.55 bits per heavy atom. The van der Waals surface area contributed by atoms with E-state index in [1.807, 2.05) is 0 Å². The van der Waals surface area contributed by atoms with Crippen molar-refractivity contribution in [3.05, 3.63) is 16.3 Å². The average molecular weight is 349 g/mol. The van der Waals surface area contributed by atoms with Crippen LogP contribution in [0.5, 0.6) is 0 Å². The van der Waals surface area contributed by atoms with Crippen molar-refractivity contribution in [3.8, 4) is 0 Å². The molecule has 0 amide bonds. The largest absolute Gasteiger partial charge is 0.469 e. The Balaban J connectivity index is 2.47. The molecule has 0 unspecified atom stereocenters. The molecule has 1 N–H and O–H groups in total. The number of hydrogen-bond donors (Lipinski definition) is 1. The first-order valence-electron chi connectivity index (χ1n) is 6.64. The summed E-state index contributed by atoms with van der Waals surface area (Å²) in [5.74, 6) is -0.949. The summed E-state index contributed by atoms with van der Waals surface area (Å²) in [6.07, 6.45) is 2.25. The van der Waals surface area contributed by atoms with Crippen LogP contribution in [0.25, 0.3) is 0 Å². The maximum atomic E-state index is 12.1. The second-order valence-electron chi connectivity index (χ2n) is 4.39. The molecule has 0 radical (unpaired) electrons. The van der Waals surface area contributed by atoms with Gasteiger partial charge in [0.2, 0.25) is 10.0 Å². The minimum Gasteiger partial charge on any atom is -0.469 e. The van der Waals surface area contributed by atoms with Gasteiger partial charge in [0.1, 0.15) is 9.77 Å². The number of carbonyl (C=O) groups is 2. The molecule has 9 heteroatoms.